The van der Waals surface area contributed by atoms with Crippen LogP contribution in [0.25, 0.3) is 0 Å². The highest BCUT2D eigenvalue weighted by atomic mass is 16.5. The summed E-state index contributed by atoms with van der Waals surface area (Å²) in [4.78, 5) is 11.6. The number of aliphatic hydroxyl groups is 1. The van der Waals surface area contributed by atoms with Crippen molar-refractivity contribution in [3.05, 3.63) is 29.8 Å². The number of benzene rings is 1. The molecule has 2 fully saturated rings. The summed E-state index contributed by atoms with van der Waals surface area (Å²) in [7, 11) is 0. The van der Waals surface area contributed by atoms with Crippen molar-refractivity contribution in [2.24, 2.45) is 11.8 Å². The predicted octanol–water partition coefficient (Wildman–Crippen LogP) is 5.38. The lowest BCUT2D eigenvalue weighted by atomic mass is 9.90. The zero-order valence-corrected chi connectivity index (χ0v) is 16.8. The largest absolute Gasteiger partial charge is 0.493 e. The summed E-state index contributed by atoms with van der Waals surface area (Å²) in [5.41, 5.74) is 0.558. The molecule has 0 heterocycles. The average molecular weight is 377 g/mol. The fraction of sp³-hybridized carbons (Fsp3) is 0.696. The first kappa shape index (κ1) is 21.7. The summed E-state index contributed by atoms with van der Waals surface area (Å²) in [6.07, 6.45) is 13.1. The van der Waals surface area contributed by atoms with Crippen molar-refractivity contribution in [3.8, 4) is 5.75 Å². The molecule has 27 heavy (non-hydrogen) atoms. The van der Waals surface area contributed by atoms with Crippen LogP contribution in [-0.4, -0.2) is 30.9 Å². The van der Waals surface area contributed by atoms with E-state index >= 15 is 0 Å². The van der Waals surface area contributed by atoms with Crippen molar-refractivity contribution in [2.75, 3.05) is 19.8 Å². The lowest BCUT2D eigenvalue weighted by molar-refractivity contribution is 0.0525. The second-order valence-electron chi connectivity index (χ2n) is 7.75. The summed E-state index contributed by atoms with van der Waals surface area (Å²) in [5, 5.41) is 8.69. The van der Waals surface area contributed by atoms with Gasteiger partial charge in [-0.25, -0.2) is 4.79 Å². The molecule has 0 amide bonds. The summed E-state index contributed by atoms with van der Waals surface area (Å²) in [5.74, 6) is 1.78. The van der Waals surface area contributed by atoms with E-state index in [2.05, 4.69) is 0 Å². The molecule has 4 nitrogen and oxygen atoms in total. The van der Waals surface area contributed by atoms with Gasteiger partial charge in [0.25, 0.3) is 0 Å². The van der Waals surface area contributed by atoms with E-state index in [0.717, 1.165) is 12.4 Å². The van der Waals surface area contributed by atoms with Crippen LogP contribution in [0.15, 0.2) is 24.3 Å². The molecule has 3 rings (SSSR count). The van der Waals surface area contributed by atoms with Gasteiger partial charge in [0.2, 0.25) is 0 Å². The summed E-state index contributed by atoms with van der Waals surface area (Å²) in [6.45, 7) is 3.37. The summed E-state index contributed by atoms with van der Waals surface area (Å²) < 4.78 is 10.8. The number of ether oxygens (including phenoxy) is 2. The molecule has 0 saturated heterocycles. The van der Waals surface area contributed by atoms with E-state index in [1.807, 2.05) is 12.1 Å². The highest BCUT2D eigenvalue weighted by molar-refractivity contribution is 5.89. The quantitative estimate of drug-likeness (QED) is 0.677. The molecule has 0 atom stereocenters. The van der Waals surface area contributed by atoms with Gasteiger partial charge < -0.3 is 14.6 Å². The minimum Gasteiger partial charge on any atom is -0.493 e. The first-order chi connectivity index (χ1) is 13.2. The van der Waals surface area contributed by atoms with Gasteiger partial charge in [-0.05, 0) is 62.6 Å². The maximum absolute atomic E-state index is 11.6. The van der Waals surface area contributed by atoms with Crippen LogP contribution < -0.4 is 4.74 Å². The Bertz CT molecular complexity index is 531. The van der Waals surface area contributed by atoms with Gasteiger partial charge >= 0.3 is 5.97 Å². The minimum absolute atomic E-state index is 0.286. The van der Waals surface area contributed by atoms with E-state index in [-0.39, 0.29) is 5.97 Å². The highest BCUT2D eigenvalue weighted by Crippen LogP contribution is 2.25. The topological polar surface area (TPSA) is 55.8 Å². The van der Waals surface area contributed by atoms with Crippen LogP contribution in [0.5, 0.6) is 5.75 Å². The van der Waals surface area contributed by atoms with Crippen molar-refractivity contribution < 1.29 is 19.4 Å². The molecule has 2 saturated carbocycles. The molecule has 0 aromatic heterocycles. The van der Waals surface area contributed by atoms with Gasteiger partial charge in [0.1, 0.15) is 5.75 Å². The molecule has 0 bridgehead atoms. The molecule has 1 aromatic rings. The van der Waals surface area contributed by atoms with E-state index in [1.165, 1.54) is 64.2 Å². The first-order valence-corrected chi connectivity index (χ1v) is 10.7. The summed E-state index contributed by atoms with van der Waals surface area (Å²) >= 11 is 0. The Morgan fingerprint density at radius 3 is 2.19 bits per heavy atom. The lowest BCUT2D eigenvalue weighted by Gasteiger charge is -2.21. The van der Waals surface area contributed by atoms with Gasteiger partial charge in [-0.3, -0.25) is 0 Å². The number of esters is 1. The maximum Gasteiger partial charge on any atom is 0.338 e. The van der Waals surface area contributed by atoms with Crippen LogP contribution in [0.3, 0.4) is 0 Å². The number of hydrogen-bond acceptors (Lipinski definition) is 4. The Hall–Kier alpha value is -1.55. The fourth-order valence-corrected chi connectivity index (χ4v) is 3.86. The Balaban J connectivity index is 0.000000273. The third kappa shape index (κ3) is 8.34. The third-order valence-corrected chi connectivity index (χ3v) is 5.54. The number of rotatable bonds is 6. The second-order valence-corrected chi connectivity index (χ2v) is 7.75. The summed E-state index contributed by atoms with van der Waals surface area (Å²) in [6, 6.07) is 7.25. The lowest BCUT2D eigenvalue weighted by Crippen LogP contribution is -2.15. The molecule has 1 N–H and O–H groups in total. The zero-order chi connectivity index (χ0) is 19.3. The van der Waals surface area contributed by atoms with E-state index in [4.69, 9.17) is 14.6 Å². The highest BCUT2D eigenvalue weighted by Gasteiger charge is 2.14. The molecule has 4 heteroatoms. The molecule has 152 valence electrons. The minimum atomic E-state index is -0.286. The monoisotopic (exact) mass is 376 g/mol. The second kappa shape index (κ2) is 12.8. The average Bonchev–Trinajstić information content (AvgIpc) is 2.74. The van der Waals surface area contributed by atoms with Gasteiger partial charge in [-0.2, -0.15) is 0 Å². The number of carbonyl (C=O) groups excluding carboxylic acids is 1. The molecule has 0 unspecified atom stereocenters. The van der Waals surface area contributed by atoms with Gasteiger partial charge in [0, 0.05) is 6.61 Å². The van der Waals surface area contributed by atoms with Gasteiger partial charge in [-0.1, -0.05) is 44.6 Å². The van der Waals surface area contributed by atoms with Crippen molar-refractivity contribution in [1.29, 1.82) is 0 Å². The fourth-order valence-electron chi connectivity index (χ4n) is 3.86. The SMILES string of the molecule is CCOC(=O)c1cccc(OCC2CCCCC2)c1.OCC1CCCCC1. The first-order valence-electron chi connectivity index (χ1n) is 10.7. The number of aliphatic hydroxyl groups excluding tert-OH is 1. The van der Waals surface area contributed by atoms with E-state index in [0.29, 0.717) is 30.6 Å². The molecular formula is C23H36O4. The van der Waals surface area contributed by atoms with E-state index in [1.54, 1.807) is 19.1 Å². The standard InChI is InChI=1S/C16H22O3.C7H14O/c1-2-18-16(17)14-9-6-10-15(11-14)19-12-13-7-4-3-5-8-13;8-6-7-4-2-1-3-5-7/h6,9-11,13H,2-5,7-8,12H2,1H3;7-8H,1-6H2. The third-order valence-electron chi connectivity index (χ3n) is 5.54. The molecule has 0 radical (unpaired) electrons. The van der Waals surface area contributed by atoms with Crippen LogP contribution >= 0.6 is 0 Å². The van der Waals surface area contributed by atoms with E-state index in [9.17, 15) is 4.79 Å². The Kier molecular flexibility index (Phi) is 10.3. The van der Waals surface area contributed by atoms with Gasteiger partial charge in [0.05, 0.1) is 18.8 Å². The zero-order valence-electron chi connectivity index (χ0n) is 16.8. The predicted molar refractivity (Wildman–Crippen MR) is 108 cm³/mol. The van der Waals surface area contributed by atoms with Crippen molar-refractivity contribution in [3.63, 3.8) is 0 Å². The van der Waals surface area contributed by atoms with Gasteiger partial charge in [-0.15, -0.1) is 0 Å². The van der Waals surface area contributed by atoms with Gasteiger partial charge in [0.15, 0.2) is 0 Å². The van der Waals surface area contributed by atoms with Crippen LogP contribution in [0.2, 0.25) is 0 Å². The normalized spacial score (nSPS) is 18.3. The van der Waals surface area contributed by atoms with Crippen molar-refractivity contribution in [2.45, 2.75) is 71.1 Å². The maximum atomic E-state index is 11.6. The molecule has 0 aliphatic heterocycles. The number of carbonyl (C=O) groups is 1. The number of hydrogen-bond donors (Lipinski definition) is 1. The van der Waals surface area contributed by atoms with E-state index < -0.39 is 0 Å². The Labute approximate surface area is 164 Å². The van der Waals surface area contributed by atoms with Crippen molar-refractivity contribution in [1.82, 2.24) is 0 Å². The molecule has 2 aliphatic carbocycles. The molecule has 1 aromatic carbocycles. The Morgan fingerprint density at radius 1 is 1.00 bits per heavy atom. The molecule has 2 aliphatic rings. The molecule has 0 spiro atoms. The van der Waals surface area contributed by atoms with Crippen LogP contribution in [0.4, 0.5) is 0 Å². The molecular weight excluding hydrogens is 340 g/mol. The van der Waals surface area contributed by atoms with Crippen LogP contribution in [-0.2, 0) is 4.74 Å². The smallest absolute Gasteiger partial charge is 0.338 e. The Morgan fingerprint density at radius 2 is 1.63 bits per heavy atom. The van der Waals surface area contributed by atoms with Crippen LogP contribution in [0, 0.1) is 11.8 Å². The van der Waals surface area contributed by atoms with Crippen molar-refractivity contribution >= 4 is 5.97 Å². The van der Waals surface area contributed by atoms with Crippen LogP contribution in [0.1, 0.15) is 81.5 Å².